The minimum absolute atomic E-state index is 0.0125. The van der Waals surface area contributed by atoms with Crippen molar-refractivity contribution in [3.05, 3.63) is 52.2 Å². The molecule has 0 spiro atoms. The topological polar surface area (TPSA) is 58.6 Å². The molecule has 1 aromatic carbocycles. The molecule has 1 saturated carbocycles. The van der Waals surface area contributed by atoms with Crippen LogP contribution in [0.1, 0.15) is 34.5 Å². The van der Waals surface area contributed by atoms with Crippen LogP contribution in [0.4, 0.5) is 0 Å². The Kier molecular flexibility index (Phi) is 5.16. The molecule has 4 rings (SSSR count). The quantitative estimate of drug-likeness (QED) is 0.833. The monoisotopic (exact) mass is 384 g/mol. The van der Waals surface area contributed by atoms with Crippen molar-refractivity contribution in [2.24, 2.45) is 5.92 Å². The summed E-state index contributed by atoms with van der Waals surface area (Å²) in [6.07, 6.45) is 3.11. The zero-order valence-corrected chi connectivity index (χ0v) is 16.2. The van der Waals surface area contributed by atoms with E-state index in [-0.39, 0.29) is 23.9 Å². The molecule has 0 radical (unpaired) electrons. The number of amides is 2. The molecule has 1 aliphatic carbocycles. The van der Waals surface area contributed by atoms with E-state index >= 15 is 0 Å². The zero-order valence-electron chi connectivity index (χ0n) is 15.4. The molecule has 142 valence electrons. The van der Waals surface area contributed by atoms with Gasteiger partial charge in [0.15, 0.2) is 0 Å². The number of hydrogen-bond donors (Lipinski definition) is 1. The lowest BCUT2D eigenvalue weighted by Crippen LogP contribution is -2.47. The van der Waals surface area contributed by atoms with Crippen LogP contribution in [-0.2, 0) is 11.2 Å². The fourth-order valence-electron chi connectivity index (χ4n) is 4.31. The van der Waals surface area contributed by atoms with Crippen molar-refractivity contribution >= 4 is 23.2 Å². The Bertz CT molecular complexity index is 821. The molecule has 5 nitrogen and oxygen atoms in total. The number of hydrogen-bond acceptors (Lipinski definition) is 4. The summed E-state index contributed by atoms with van der Waals surface area (Å²) in [7, 11) is 1.65. The molecular weight excluding hydrogens is 360 g/mol. The van der Waals surface area contributed by atoms with Crippen molar-refractivity contribution in [1.82, 2.24) is 10.2 Å². The van der Waals surface area contributed by atoms with E-state index in [2.05, 4.69) is 5.32 Å². The van der Waals surface area contributed by atoms with E-state index in [4.69, 9.17) is 4.74 Å². The van der Waals surface area contributed by atoms with Gasteiger partial charge in [-0.15, -0.1) is 11.3 Å². The maximum atomic E-state index is 12.7. The fourth-order valence-corrected chi connectivity index (χ4v) is 4.93. The number of aryl methyl sites for hydroxylation is 1. The molecule has 2 aliphatic rings. The highest BCUT2D eigenvalue weighted by Gasteiger charge is 2.46. The average molecular weight is 385 g/mol. The van der Waals surface area contributed by atoms with E-state index in [1.165, 1.54) is 11.3 Å². The number of likely N-dealkylation sites (tertiary alicyclic amines) is 1. The molecule has 2 fully saturated rings. The highest BCUT2D eigenvalue weighted by Crippen LogP contribution is 2.38. The molecule has 3 atom stereocenters. The lowest BCUT2D eigenvalue weighted by Gasteiger charge is -2.32. The lowest BCUT2D eigenvalue weighted by molar-refractivity contribution is -0.132. The van der Waals surface area contributed by atoms with Crippen molar-refractivity contribution in [3.8, 4) is 5.75 Å². The van der Waals surface area contributed by atoms with Gasteiger partial charge in [-0.05, 0) is 54.3 Å². The molecule has 1 aliphatic heterocycles. The van der Waals surface area contributed by atoms with Gasteiger partial charge >= 0.3 is 0 Å². The number of carbonyl (C=O) groups is 2. The number of carbonyl (C=O) groups excluding carboxylic acids is 2. The normalized spacial score (nSPS) is 23.4. The Morgan fingerprint density at radius 1 is 1.26 bits per heavy atom. The first-order valence-electron chi connectivity index (χ1n) is 9.41. The Morgan fingerprint density at radius 2 is 2.15 bits per heavy atom. The highest BCUT2D eigenvalue weighted by molar-refractivity contribution is 7.12. The first kappa shape index (κ1) is 18.0. The molecule has 27 heavy (non-hydrogen) atoms. The second-order valence-corrected chi connectivity index (χ2v) is 8.29. The predicted octanol–water partition coefficient (Wildman–Crippen LogP) is 3.11. The van der Waals surface area contributed by atoms with Gasteiger partial charge in [-0.2, -0.15) is 0 Å². The molecule has 2 heterocycles. The maximum Gasteiger partial charge on any atom is 0.261 e. The SMILES string of the molecule is COc1cccc(CCC(=O)N2C[C@@H]3C[C@H]2C[C@@H]3NC(=O)c2cccs2)c1. The predicted molar refractivity (Wildman–Crippen MR) is 105 cm³/mol. The summed E-state index contributed by atoms with van der Waals surface area (Å²) in [5, 5.41) is 5.08. The van der Waals surface area contributed by atoms with Gasteiger partial charge in [0.1, 0.15) is 5.75 Å². The standard InChI is InChI=1S/C21H24N2O3S/c1-26-17-5-2-4-14(10-17)7-8-20(24)23-13-15-11-16(23)12-18(15)22-21(25)19-6-3-9-27-19/h2-6,9-10,15-16,18H,7-8,11-13H2,1H3,(H,22,25)/t15-,16-,18-/m0/s1. The fraction of sp³-hybridized carbons (Fsp3) is 0.429. The van der Waals surface area contributed by atoms with Gasteiger partial charge in [-0.25, -0.2) is 0 Å². The third kappa shape index (κ3) is 3.86. The molecule has 0 unspecified atom stereocenters. The number of nitrogens with one attached hydrogen (secondary N) is 1. The van der Waals surface area contributed by atoms with E-state index < -0.39 is 0 Å². The molecule has 2 bridgehead atoms. The number of nitrogens with zero attached hydrogens (tertiary/aromatic N) is 1. The smallest absolute Gasteiger partial charge is 0.261 e. The van der Waals surface area contributed by atoms with Crippen LogP contribution >= 0.6 is 11.3 Å². The van der Waals surface area contributed by atoms with Gasteiger partial charge in [0.25, 0.3) is 5.91 Å². The van der Waals surface area contributed by atoms with Crippen LogP contribution in [0.5, 0.6) is 5.75 Å². The average Bonchev–Trinajstić information content (AvgIpc) is 3.43. The summed E-state index contributed by atoms with van der Waals surface area (Å²) < 4.78 is 5.24. The zero-order chi connectivity index (χ0) is 18.8. The van der Waals surface area contributed by atoms with Crippen LogP contribution in [-0.4, -0.2) is 42.5 Å². The van der Waals surface area contributed by atoms with Crippen LogP contribution in [0.3, 0.4) is 0 Å². The lowest BCUT2D eigenvalue weighted by atomic mass is 10.0. The van der Waals surface area contributed by atoms with E-state index in [9.17, 15) is 9.59 Å². The number of fused-ring (bicyclic) bond motifs is 2. The number of thiophene rings is 1. The Hall–Kier alpha value is -2.34. The summed E-state index contributed by atoms with van der Waals surface area (Å²) >= 11 is 1.46. The Labute approximate surface area is 163 Å². The Morgan fingerprint density at radius 3 is 2.85 bits per heavy atom. The molecule has 1 N–H and O–H groups in total. The number of rotatable bonds is 6. The molecule has 2 aromatic rings. The largest absolute Gasteiger partial charge is 0.497 e. The third-order valence-corrected chi connectivity index (χ3v) is 6.55. The second-order valence-electron chi connectivity index (χ2n) is 7.34. The van der Waals surface area contributed by atoms with Gasteiger partial charge in [-0.3, -0.25) is 9.59 Å². The van der Waals surface area contributed by atoms with E-state index in [0.29, 0.717) is 12.3 Å². The van der Waals surface area contributed by atoms with Crippen molar-refractivity contribution < 1.29 is 14.3 Å². The van der Waals surface area contributed by atoms with E-state index in [1.54, 1.807) is 7.11 Å². The third-order valence-electron chi connectivity index (χ3n) is 5.69. The van der Waals surface area contributed by atoms with Crippen LogP contribution < -0.4 is 10.1 Å². The van der Waals surface area contributed by atoms with Crippen LogP contribution in [0.15, 0.2) is 41.8 Å². The van der Waals surface area contributed by atoms with E-state index in [1.807, 2.05) is 46.7 Å². The van der Waals surface area contributed by atoms with Crippen molar-refractivity contribution in [2.45, 2.75) is 37.8 Å². The minimum atomic E-state index is 0.0125. The number of piperidine rings is 1. The molecule has 1 saturated heterocycles. The van der Waals surface area contributed by atoms with Gasteiger partial charge in [0.05, 0.1) is 12.0 Å². The summed E-state index contributed by atoms with van der Waals surface area (Å²) in [5.74, 6) is 1.43. The Balaban J connectivity index is 1.28. The van der Waals surface area contributed by atoms with Crippen molar-refractivity contribution in [1.29, 1.82) is 0 Å². The first-order chi connectivity index (χ1) is 13.1. The van der Waals surface area contributed by atoms with Gasteiger partial charge in [0.2, 0.25) is 5.91 Å². The summed E-state index contributed by atoms with van der Waals surface area (Å²) in [4.78, 5) is 27.7. The highest BCUT2D eigenvalue weighted by atomic mass is 32.1. The van der Waals surface area contributed by atoms with Crippen LogP contribution in [0.2, 0.25) is 0 Å². The summed E-state index contributed by atoms with van der Waals surface area (Å²) in [5.41, 5.74) is 1.12. The van der Waals surface area contributed by atoms with Crippen LogP contribution in [0, 0.1) is 5.92 Å². The number of ether oxygens (including phenoxy) is 1. The van der Waals surface area contributed by atoms with Gasteiger partial charge in [0, 0.05) is 25.0 Å². The first-order valence-corrected chi connectivity index (χ1v) is 10.3. The van der Waals surface area contributed by atoms with Gasteiger partial charge < -0.3 is 15.0 Å². The van der Waals surface area contributed by atoms with E-state index in [0.717, 1.165) is 42.0 Å². The molecule has 2 amide bonds. The summed E-state index contributed by atoms with van der Waals surface area (Å²) in [6, 6.07) is 12.1. The van der Waals surface area contributed by atoms with Gasteiger partial charge in [-0.1, -0.05) is 18.2 Å². The molecule has 6 heteroatoms. The molecule has 1 aromatic heterocycles. The second kappa shape index (κ2) is 7.72. The molecular formula is C21H24N2O3S. The minimum Gasteiger partial charge on any atom is -0.497 e. The maximum absolute atomic E-state index is 12.7. The van der Waals surface area contributed by atoms with Crippen molar-refractivity contribution in [2.75, 3.05) is 13.7 Å². The van der Waals surface area contributed by atoms with Crippen LogP contribution in [0.25, 0.3) is 0 Å². The number of benzene rings is 1. The summed E-state index contributed by atoms with van der Waals surface area (Å²) in [6.45, 7) is 0.761. The number of methoxy groups -OCH3 is 1. The van der Waals surface area contributed by atoms with Crippen molar-refractivity contribution in [3.63, 3.8) is 0 Å².